The standard InChI is InChI=1S/C31H40N6O2/c1-4-37(25-14-17-36(18-15-25)21-24-13-16-35(3)34-24)29-12-8-11-27-26(29)10-7-5-6-9-23-19-22(2)33-31(39)28(23)20-32-30(27)38/h5,7-8,11-13,16,19,25H,4,6,9-10,14-15,17-18,20-21H2,1-3H3,(H,32,38)(H,33,39). The Balaban J connectivity index is 1.36. The molecule has 3 aromatic rings. The highest BCUT2D eigenvalue weighted by molar-refractivity contribution is 5.97. The van der Waals surface area contributed by atoms with Gasteiger partial charge < -0.3 is 15.2 Å². The minimum Gasteiger partial charge on any atom is -0.368 e. The molecule has 4 heterocycles. The van der Waals surface area contributed by atoms with Gasteiger partial charge in [-0.2, -0.15) is 5.10 Å². The molecule has 0 saturated carbocycles. The van der Waals surface area contributed by atoms with Gasteiger partial charge in [-0.3, -0.25) is 19.2 Å². The Morgan fingerprint density at radius 1 is 1.10 bits per heavy atom. The molecule has 2 N–H and O–H groups in total. The highest BCUT2D eigenvalue weighted by Crippen LogP contribution is 2.30. The van der Waals surface area contributed by atoms with Gasteiger partial charge in [0.1, 0.15) is 0 Å². The van der Waals surface area contributed by atoms with Crippen LogP contribution in [-0.2, 0) is 33.0 Å². The SMILES string of the molecule is CCN(c1cccc2c1CC=CCCc1cc(C)[nH]c(=O)c1CNC2=O)C1CCN(Cc2ccn(C)n2)CC1. The van der Waals surface area contributed by atoms with Crippen LogP contribution in [0.25, 0.3) is 0 Å². The van der Waals surface area contributed by atoms with Crippen LogP contribution in [0, 0.1) is 6.92 Å². The molecule has 1 saturated heterocycles. The minimum absolute atomic E-state index is 0.119. The number of fused-ring (bicyclic) bond motifs is 2. The summed E-state index contributed by atoms with van der Waals surface area (Å²) in [4.78, 5) is 34.1. The summed E-state index contributed by atoms with van der Waals surface area (Å²) >= 11 is 0. The molecule has 8 heteroatoms. The van der Waals surface area contributed by atoms with Crippen LogP contribution in [0.3, 0.4) is 0 Å². The monoisotopic (exact) mass is 528 g/mol. The summed E-state index contributed by atoms with van der Waals surface area (Å²) in [7, 11) is 1.96. The zero-order valence-electron chi connectivity index (χ0n) is 23.4. The summed E-state index contributed by atoms with van der Waals surface area (Å²) < 4.78 is 1.86. The number of benzene rings is 1. The number of amides is 1. The molecule has 0 bridgehead atoms. The first-order valence-electron chi connectivity index (χ1n) is 14.2. The van der Waals surface area contributed by atoms with Gasteiger partial charge in [-0.1, -0.05) is 18.2 Å². The van der Waals surface area contributed by atoms with Crippen molar-refractivity contribution in [3.8, 4) is 0 Å². The van der Waals surface area contributed by atoms with Crippen molar-refractivity contribution in [3.05, 3.63) is 92.7 Å². The van der Waals surface area contributed by atoms with Crippen LogP contribution in [-0.4, -0.2) is 51.2 Å². The Morgan fingerprint density at radius 2 is 1.92 bits per heavy atom. The average molecular weight is 529 g/mol. The van der Waals surface area contributed by atoms with Gasteiger partial charge in [0.25, 0.3) is 11.5 Å². The maximum Gasteiger partial charge on any atom is 0.253 e. The van der Waals surface area contributed by atoms with Crippen molar-refractivity contribution in [2.45, 2.75) is 65.1 Å². The largest absolute Gasteiger partial charge is 0.368 e. The number of carbonyl (C=O) groups is 1. The molecule has 2 aliphatic rings. The van der Waals surface area contributed by atoms with E-state index in [4.69, 9.17) is 0 Å². The van der Waals surface area contributed by atoms with Crippen LogP contribution >= 0.6 is 0 Å². The predicted octanol–water partition coefficient (Wildman–Crippen LogP) is 3.88. The molecule has 0 atom stereocenters. The van der Waals surface area contributed by atoms with E-state index in [1.807, 2.05) is 43.0 Å². The second-order valence-corrected chi connectivity index (χ2v) is 10.8. The van der Waals surface area contributed by atoms with Crippen LogP contribution in [0.5, 0.6) is 0 Å². The topological polar surface area (TPSA) is 86.3 Å². The molecule has 0 spiro atoms. The number of hydrogen-bond acceptors (Lipinski definition) is 5. The van der Waals surface area contributed by atoms with E-state index >= 15 is 0 Å². The van der Waals surface area contributed by atoms with Crippen molar-refractivity contribution in [1.82, 2.24) is 25.0 Å². The molecule has 0 unspecified atom stereocenters. The summed E-state index contributed by atoms with van der Waals surface area (Å²) in [6.07, 6.45) is 10.9. The fourth-order valence-corrected chi connectivity index (χ4v) is 6.09. The summed E-state index contributed by atoms with van der Waals surface area (Å²) in [5, 5.41) is 7.60. The van der Waals surface area contributed by atoms with E-state index in [1.54, 1.807) is 0 Å². The van der Waals surface area contributed by atoms with Crippen LogP contribution in [0.2, 0.25) is 0 Å². The Hall–Kier alpha value is -3.65. The van der Waals surface area contributed by atoms with Gasteiger partial charge in [-0.25, -0.2) is 0 Å². The van der Waals surface area contributed by atoms with Crippen molar-refractivity contribution in [2.75, 3.05) is 24.5 Å². The number of anilines is 1. The van der Waals surface area contributed by atoms with E-state index < -0.39 is 0 Å². The molecular weight excluding hydrogens is 488 g/mol. The van der Waals surface area contributed by atoms with E-state index in [0.29, 0.717) is 23.6 Å². The molecule has 1 fully saturated rings. The fraction of sp³-hybridized carbons (Fsp3) is 0.452. The number of nitrogens with one attached hydrogen (secondary N) is 2. The van der Waals surface area contributed by atoms with Crippen LogP contribution in [0.15, 0.2) is 53.5 Å². The molecule has 5 rings (SSSR count). The van der Waals surface area contributed by atoms with E-state index in [9.17, 15) is 9.59 Å². The highest BCUT2D eigenvalue weighted by Gasteiger charge is 2.27. The van der Waals surface area contributed by atoms with Crippen LogP contribution in [0.4, 0.5) is 5.69 Å². The van der Waals surface area contributed by atoms with Gasteiger partial charge in [0.15, 0.2) is 0 Å². The summed E-state index contributed by atoms with van der Waals surface area (Å²) in [5.41, 5.74) is 6.38. The van der Waals surface area contributed by atoms with Gasteiger partial charge in [0.05, 0.1) is 5.69 Å². The Bertz CT molecular complexity index is 1400. The van der Waals surface area contributed by atoms with Crippen molar-refractivity contribution in [1.29, 1.82) is 0 Å². The Labute approximate surface area is 230 Å². The molecule has 206 valence electrons. The number of piperidine rings is 1. The molecule has 2 aliphatic heterocycles. The molecule has 0 aliphatic carbocycles. The van der Waals surface area contributed by atoms with Gasteiger partial charge in [0, 0.05) is 74.5 Å². The number of allylic oxidation sites excluding steroid dienone is 2. The van der Waals surface area contributed by atoms with E-state index in [0.717, 1.165) is 80.1 Å². The lowest BCUT2D eigenvalue weighted by molar-refractivity contribution is 0.0950. The molecule has 1 amide bonds. The first-order chi connectivity index (χ1) is 18.9. The van der Waals surface area contributed by atoms with Gasteiger partial charge in [-0.05, 0) is 81.3 Å². The number of likely N-dealkylation sites (tertiary alicyclic amines) is 1. The number of rotatable bonds is 5. The van der Waals surface area contributed by atoms with E-state index in [1.165, 1.54) is 0 Å². The molecule has 1 aromatic carbocycles. The van der Waals surface area contributed by atoms with Gasteiger partial charge >= 0.3 is 0 Å². The normalized spacial score (nSPS) is 17.1. The Morgan fingerprint density at radius 3 is 2.67 bits per heavy atom. The fourth-order valence-electron chi connectivity index (χ4n) is 6.09. The quantitative estimate of drug-likeness (QED) is 0.491. The molecule has 2 aromatic heterocycles. The first kappa shape index (κ1) is 26.9. The highest BCUT2D eigenvalue weighted by atomic mass is 16.1. The van der Waals surface area contributed by atoms with E-state index in [-0.39, 0.29) is 18.0 Å². The molecular formula is C31H40N6O2. The number of aromatic amines is 1. The third-order valence-corrected chi connectivity index (χ3v) is 8.06. The third-order valence-electron chi connectivity index (χ3n) is 8.06. The summed E-state index contributed by atoms with van der Waals surface area (Å²) in [5.74, 6) is -0.131. The zero-order valence-corrected chi connectivity index (χ0v) is 23.4. The van der Waals surface area contributed by atoms with Crippen molar-refractivity contribution in [2.24, 2.45) is 7.05 Å². The number of hydrogen-bond donors (Lipinski definition) is 2. The maximum atomic E-state index is 13.5. The van der Waals surface area contributed by atoms with Crippen LogP contribution in [0.1, 0.15) is 64.6 Å². The first-order valence-corrected chi connectivity index (χ1v) is 14.2. The second kappa shape index (κ2) is 12.0. The number of aryl methyl sites for hydroxylation is 3. The number of nitrogens with zero attached hydrogens (tertiary/aromatic N) is 4. The van der Waals surface area contributed by atoms with Gasteiger partial charge in [-0.15, -0.1) is 0 Å². The number of carbonyl (C=O) groups excluding carboxylic acids is 1. The Kier molecular flexibility index (Phi) is 8.31. The van der Waals surface area contributed by atoms with Gasteiger partial charge in [0.2, 0.25) is 0 Å². The zero-order chi connectivity index (χ0) is 27.4. The summed E-state index contributed by atoms with van der Waals surface area (Å²) in [6, 6.07) is 10.6. The molecule has 39 heavy (non-hydrogen) atoms. The lowest BCUT2D eigenvalue weighted by Crippen LogP contribution is -2.45. The molecule has 8 nitrogen and oxygen atoms in total. The van der Waals surface area contributed by atoms with Crippen LogP contribution < -0.4 is 15.8 Å². The summed E-state index contributed by atoms with van der Waals surface area (Å²) in [6.45, 7) is 8.15. The van der Waals surface area contributed by atoms with Crippen molar-refractivity contribution >= 4 is 11.6 Å². The lowest BCUT2D eigenvalue weighted by atomic mass is 9.96. The number of pyridine rings is 1. The number of H-pyrrole nitrogens is 1. The smallest absolute Gasteiger partial charge is 0.253 e. The van der Waals surface area contributed by atoms with Crippen molar-refractivity contribution < 1.29 is 4.79 Å². The minimum atomic E-state index is -0.131. The van der Waals surface area contributed by atoms with E-state index in [2.05, 4.69) is 56.4 Å². The third kappa shape index (κ3) is 6.17. The van der Waals surface area contributed by atoms with Crippen molar-refractivity contribution in [3.63, 3.8) is 0 Å². The lowest BCUT2D eigenvalue weighted by Gasteiger charge is -2.40. The number of aromatic nitrogens is 3. The maximum absolute atomic E-state index is 13.5. The average Bonchev–Trinajstić information content (AvgIpc) is 3.33. The predicted molar refractivity (Wildman–Crippen MR) is 155 cm³/mol. The molecule has 0 radical (unpaired) electrons. The second-order valence-electron chi connectivity index (χ2n) is 10.8.